The second-order valence-corrected chi connectivity index (χ2v) is 5.00. The second kappa shape index (κ2) is 7.78. The molecule has 0 heterocycles. The number of hydrogen-bond donors (Lipinski definition) is 1. The van der Waals surface area contributed by atoms with E-state index in [0.29, 0.717) is 17.2 Å². The van der Waals surface area contributed by atoms with Crippen molar-refractivity contribution in [3.63, 3.8) is 0 Å². The van der Waals surface area contributed by atoms with Crippen molar-refractivity contribution in [1.82, 2.24) is 0 Å². The molecule has 0 unspecified atom stereocenters. The van der Waals surface area contributed by atoms with Crippen LogP contribution in [-0.4, -0.2) is 25.5 Å². The van der Waals surface area contributed by atoms with Gasteiger partial charge in [-0.15, -0.1) is 13.2 Å². The van der Waals surface area contributed by atoms with E-state index in [1.54, 1.807) is 31.2 Å². The summed E-state index contributed by atoms with van der Waals surface area (Å²) in [5.41, 5.74) is 0.320. The zero-order valence-corrected chi connectivity index (χ0v) is 13.5. The van der Waals surface area contributed by atoms with Crippen LogP contribution < -0.4 is 19.5 Å². The van der Waals surface area contributed by atoms with Gasteiger partial charge in [0, 0.05) is 11.8 Å². The molecule has 0 aromatic heterocycles. The number of amides is 1. The average Bonchev–Trinajstić information content (AvgIpc) is 2.55. The minimum Gasteiger partial charge on any atom is -0.497 e. The molecule has 25 heavy (non-hydrogen) atoms. The number of rotatable bonds is 6. The van der Waals surface area contributed by atoms with Crippen LogP contribution in [0.1, 0.15) is 6.92 Å². The van der Waals surface area contributed by atoms with Gasteiger partial charge in [-0.05, 0) is 43.3 Å². The maximum atomic E-state index is 12.1. The summed E-state index contributed by atoms with van der Waals surface area (Å²) in [5, 5.41) is 2.55. The zero-order chi connectivity index (χ0) is 18.4. The SMILES string of the molecule is COc1cccc(O[C@H](C)C(=O)Nc2ccc(OC(F)(F)F)cc2)c1. The monoisotopic (exact) mass is 355 g/mol. The molecule has 0 radical (unpaired) electrons. The van der Waals surface area contributed by atoms with E-state index in [1.807, 2.05) is 0 Å². The first-order valence-corrected chi connectivity index (χ1v) is 7.24. The number of carbonyl (C=O) groups excluding carboxylic acids is 1. The van der Waals surface area contributed by atoms with Crippen molar-refractivity contribution in [3.8, 4) is 17.2 Å². The minimum atomic E-state index is -4.76. The molecule has 0 spiro atoms. The minimum absolute atomic E-state index is 0.320. The summed E-state index contributed by atoms with van der Waals surface area (Å²) in [7, 11) is 1.52. The molecule has 5 nitrogen and oxygen atoms in total. The maximum absolute atomic E-state index is 12.1. The molecule has 0 saturated heterocycles. The van der Waals surface area contributed by atoms with Crippen molar-refractivity contribution in [1.29, 1.82) is 0 Å². The van der Waals surface area contributed by atoms with Gasteiger partial charge in [-0.25, -0.2) is 0 Å². The molecule has 0 bridgehead atoms. The van der Waals surface area contributed by atoms with Gasteiger partial charge in [-0.1, -0.05) is 6.07 Å². The standard InChI is InChI=1S/C17H16F3NO4/c1-11(24-15-5-3-4-14(10-15)23-2)16(22)21-12-6-8-13(9-7-12)25-17(18,19)20/h3-11H,1-2H3,(H,21,22)/t11-/m1/s1. The van der Waals surface area contributed by atoms with Crippen LogP contribution in [-0.2, 0) is 4.79 Å². The van der Waals surface area contributed by atoms with E-state index in [4.69, 9.17) is 9.47 Å². The first kappa shape index (κ1) is 18.4. The molecule has 2 aromatic rings. The van der Waals surface area contributed by atoms with Crippen molar-refractivity contribution >= 4 is 11.6 Å². The van der Waals surface area contributed by atoms with Gasteiger partial charge in [0.2, 0.25) is 0 Å². The van der Waals surface area contributed by atoms with E-state index in [9.17, 15) is 18.0 Å². The Labute approximate surface area is 142 Å². The number of carbonyl (C=O) groups is 1. The highest BCUT2D eigenvalue weighted by Gasteiger charge is 2.31. The second-order valence-electron chi connectivity index (χ2n) is 5.00. The Morgan fingerprint density at radius 1 is 1.04 bits per heavy atom. The topological polar surface area (TPSA) is 56.8 Å². The Morgan fingerprint density at radius 3 is 2.28 bits per heavy atom. The van der Waals surface area contributed by atoms with E-state index >= 15 is 0 Å². The molecular weight excluding hydrogens is 339 g/mol. The third-order valence-corrected chi connectivity index (χ3v) is 3.08. The Balaban J connectivity index is 1.94. The van der Waals surface area contributed by atoms with E-state index in [1.165, 1.54) is 19.2 Å². The molecular formula is C17H16F3NO4. The summed E-state index contributed by atoms with van der Waals surface area (Å²) in [6, 6.07) is 11.6. The fourth-order valence-corrected chi connectivity index (χ4v) is 1.92. The molecule has 2 aromatic carbocycles. The molecule has 1 atom stereocenters. The number of methoxy groups -OCH3 is 1. The molecule has 134 valence electrons. The van der Waals surface area contributed by atoms with Crippen molar-refractivity contribution in [2.45, 2.75) is 19.4 Å². The summed E-state index contributed by atoms with van der Waals surface area (Å²) in [6.07, 6.45) is -5.58. The van der Waals surface area contributed by atoms with E-state index in [-0.39, 0.29) is 5.75 Å². The molecule has 2 rings (SSSR count). The van der Waals surface area contributed by atoms with Crippen LogP contribution >= 0.6 is 0 Å². The molecule has 0 aliphatic rings. The first-order chi connectivity index (χ1) is 11.8. The highest BCUT2D eigenvalue weighted by Crippen LogP contribution is 2.24. The highest BCUT2D eigenvalue weighted by atomic mass is 19.4. The highest BCUT2D eigenvalue weighted by molar-refractivity contribution is 5.94. The lowest BCUT2D eigenvalue weighted by atomic mass is 10.2. The number of anilines is 1. The van der Waals surface area contributed by atoms with Crippen LogP contribution in [0.2, 0.25) is 0 Å². The van der Waals surface area contributed by atoms with Gasteiger partial charge in [-0.3, -0.25) is 4.79 Å². The Morgan fingerprint density at radius 2 is 1.68 bits per heavy atom. The molecule has 0 aliphatic heterocycles. The van der Waals surface area contributed by atoms with Crippen LogP contribution in [0.3, 0.4) is 0 Å². The normalized spacial score (nSPS) is 12.2. The summed E-state index contributed by atoms with van der Waals surface area (Å²) < 4.78 is 50.6. The maximum Gasteiger partial charge on any atom is 0.573 e. The number of ether oxygens (including phenoxy) is 3. The van der Waals surface area contributed by atoms with Gasteiger partial charge in [0.15, 0.2) is 6.10 Å². The van der Waals surface area contributed by atoms with E-state index in [2.05, 4.69) is 10.1 Å². The third-order valence-electron chi connectivity index (χ3n) is 3.08. The lowest BCUT2D eigenvalue weighted by molar-refractivity contribution is -0.274. The van der Waals surface area contributed by atoms with Gasteiger partial charge >= 0.3 is 6.36 Å². The molecule has 8 heteroatoms. The number of hydrogen-bond acceptors (Lipinski definition) is 4. The number of halogens is 3. The summed E-state index contributed by atoms with van der Waals surface area (Å²) >= 11 is 0. The Kier molecular flexibility index (Phi) is 5.74. The van der Waals surface area contributed by atoms with Crippen molar-refractivity contribution < 1.29 is 32.2 Å². The molecule has 0 aliphatic carbocycles. The van der Waals surface area contributed by atoms with Gasteiger partial charge in [0.25, 0.3) is 5.91 Å². The summed E-state index contributed by atoms with van der Waals surface area (Å²) in [5.74, 6) is 0.222. The largest absolute Gasteiger partial charge is 0.573 e. The lowest BCUT2D eigenvalue weighted by Crippen LogP contribution is -2.30. The van der Waals surface area contributed by atoms with E-state index < -0.39 is 18.4 Å². The molecule has 0 saturated carbocycles. The number of benzene rings is 2. The first-order valence-electron chi connectivity index (χ1n) is 7.24. The van der Waals surface area contributed by atoms with Crippen molar-refractivity contribution in [2.75, 3.05) is 12.4 Å². The predicted octanol–water partition coefficient (Wildman–Crippen LogP) is 4.00. The fraction of sp³-hybridized carbons (Fsp3) is 0.235. The van der Waals surface area contributed by atoms with Crippen LogP contribution in [0.15, 0.2) is 48.5 Å². The number of nitrogens with one attached hydrogen (secondary N) is 1. The predicted molar refractivity (Wildman–Crippen MR) is 84.8 cm³/mol. The molecule has 0 fully saturated rings. The van der Waals surface area contributed by atoms with Crippen LogP contribution in [0, 0.1) is 0 Å². The van der Waals surface area contributed by atoms with Crippen molar-refractivity contribution in [3.05, 3.63) is 48.5 Å². The quantitative estimate of drug-likeness (QED) is 0.851. The lowest BCUT2D eigenvalue weighted by Gasteiger charge is -2.15. The van der Waals surface area contributed by atoms with Gasteiger partial charge in [0.1, 0.15) is 17.2 Å². The fourth-order valence-electron chi connectivity index (χ4n) is 1.92. The van der Waals surface area contributed by atoms with Crippen molar-refractivity contribution in [2.24, 2.45) is 0 Å². The Hall–Kier alpha value is -2.90. The molecule has 1 amide bonds. The average molecular weight is 355 g/mol. The van der Waals surface area contributed by atoms with Gasteiger partial charge < -0.3 is 19.5 Å². The van der Waals surface area contributed by atoms with Crippen LogP contribution in [0.5, 0.6) is 17.2 Å². The smallest absolute Gasteiger partial charge is 0.497 e. The number of alkyl halides is 3. The van der Waals surface area contributed by atoms with Gasteiger partial charge in [0.05, 0.1) is 7.11 Å². The van der Waals surface area contributed by atoms with Crippen LogP contribution in [0.4, 0.5) is 18.9 Å². The van der Waals surface area contributed by atoms with Gasteiger partial charge in [-0.2, -0.15) is 0 Å². The summed E-state index contributed by atoms with van der Waals surface area (Å²) in [4.78, 5) is 12.1. The third kappa shape index (κ3) is 5.91. The Bertz CT molecular complexity index is 717. The summed E-state index contributed by atoms with van der Waals surface area (Å²) in [6.45, 7) is 1.55. The molecule has 1 N–H and O–H groups in total. The van der Waals surface area contributed by atoms with E-state index in [0.717, 1.165) is 12.1 Å². The zero-order valence-electron chi connectivity index (χ0n) is 13.5. The van der Waals surface area contributed by atoms with Crippen LogP contribution in [0.25, 0.3) is 0 Å².